The first-order valence-electron chi connectivity index (χ1n) is 6.04. The molecule has 0 atom stereocenters. The van der Waals surface area contributed by atoms with E-state index in [-0.39, 0.29) is 0 Å². The molecule has 2 rings (SSSR count). The van der Waals surface area contributed by atoms with E-state index in [0.29, 0.717) is 0 Å². The van der Waals surface area contributed by atoms with E-state index in [1.54, 1.807) is 17.4 Å². The zero-order valence-corrected chi connectivity index (χ0v) is 11.3. The molecule has 0 radical (unpaired) electrons. The normalized spacial score (nSPS) is 18.5. The number of hydrogen-bond acceptors (Lipinski definition) is 4. The first-order valence-corrected chi connectivity index (χ1v) is 6.86. The lowest BCUT2D eigenvalue weighted by Gasteiger charge is -2.31. The maximum Gasteiger partial charge on any atom is 0.328 e. The maximum atomic E-state index is 10.4. The third kappa shape index (κ3) is 3.94. The summed E-state index contributed by atoms with van der Waals surface area (Å²) in [6, 6.07) is 4.07. The number of likely N-dealkylation sites (N-methyl/N-ethyl adjacent to an activating group) is 1. The van der Waals surface area contributed by atoms with Crippen molar-refractivity contribution >= 4 is 23.4 Å². The Labute approximate surface area is 111 Å². The summed E-state index contributed by atoms with van der Waals surface area (Å²) in [5.41, 5.74) is 0. The van der Waals surface area contributed by atoms with Crippen LogP contribution < -0.4 is 0 Å². The zero-order valence-electron chi connectivity index (χ0n) is 10.5. The average molecular weight is 266 g/mol. The number of nitrogens with zero attached hydrogens (tertiary/aromatic N) is 2. The molecule has 18 heavy (non-hydrogen) atoms. The fraction of sp³-hybridized carbons (Fsp3) is 0.462. The van der Waals surface area contributed by atoms with Crippen LogP contribution in [0.25, 0.3) is 6.08 Å². The van der Waals surface area contributed by atoms with Crippen LogP contribution in [0.2, 0.25) is 0 Å². The summed E-state index contributed by atoms with van der Waals surface area (Å²) in [5, 5.41) is 8.57. The van der Waals surface area contributed by atoms with Crippen LogP contribution in [0.3, 0.4) is 0 Å². The smallest absolute Gasteiger partial charge is 0.328 e. The van der Waals surface area contributed by atoms with Crippen molar-refractivity contribution in [3.8, 4) is 0 Å². The van der Waals surface area contributed by atoms with E-state index in [1.165, 1.54) is 11.0 Å². The summed E-state index contributed by atoms with van der Waals surface area (Å²) in [6.45, 7) is 5.43. The number of carboxylic acid groups (broad SMARTS) is 1. The van der Waals surface area contributed by atoms with E-state index in [1.807, 2.05) is 6.07 Å². The first-order chi connectivity index (χ1) is 8.63. The minimum absolute atomic E-state index is 0.899. The molecule has 0 spiro atoms. The minimum Gasteiger partial charge on any atom is -0.478 e. The molecule has 98 valence electrons. The van der Waals surface area contributed by atoms with Crippen LogP contribution in [0.5, 0.6) is 0 Å². The van der Waals surface area contributed by atoms with Gasteiger partial charge in [-0.3, -0.25) is 4.90 Å². The molecule has 1 saturated heterocycles. The summed E-state index contributed by atoms with van der Waals surface area (Å²) in [4.78, 5) is 17.5. The van der Waals surface area contributed by atoms with Crippen LogP contribution in [0.4, 0.5) is 0 Å². The van der Waals surface area contributed by atoms with Crippen LogP contribution in [0, 0.1) is 0 Å². The number of thiophene rings is 1. The second kappa shape index (κ2) is 6.13. The summed E-state index contributed by atoms with van der Waals surface area (Å²) in [7, 11) is 2.15. The lowest BCUT2D eigenvalue weighted by atomic mass is 10.3. The molecule has 0 amide bonds. The van der Waals surface area contributed by atoms with E-state index in [0.717, 1.165) is 37.6 Å². The molecule has 0 aliphatic carbocycles. The van der Waals surface area contributed by atoms with Crippen LogP contribution in [0.15, 0.2) is 18.2 Å². The van der Waals surface area contributed by atoms with Gasteiger partial charge in [-0.1, -0.05) is 0 Å². The molecule has 1 aliphatic rings. The van der Waals surface area contributed by atoms with Crippen molar-refractivity contribution < 1.29 is 9.90 Å². The van der Waals surface area contributed by atoms with Crippen LogP contribution >= 0.6 is 11.3 Å². The predicted octanol–water partition coefficient (Wildman–Crippen LogP) is 1.59. The summed E-state index contributed by atoms with van der Waals surface area (Å²) < 4.78 is 0. The first kappa shape index (κ1) is 13.3. The van der Waals surface area contributed by atoms with E-state index in [4.69, 9.17) is 5.11 Å². The third-order valence-corrected chi connectivity index (χ3v) is 4.08. The number of hydrogen-bond donors (Lipinski definition) is 1. The van der Waals surface area contributed by atoms with Gasteiger partial charge in [0.1, 0.15) is 0 Å². The van der Waals surface area contributed by atoms with E-state index >= 15 is 0 Å². The summed E-state index contributed by atoms with van der Waals surface area (Å²) in [6.07, 6.45) is 2.84. The molecule has 2 heterocycles. The second-order valence-corrected chi connectivity index (χ2v) is 5.75. The van der Waals surface area contributed by atoms with Gasteiger partial charge in [0.25, 0.3) is 0 Å². The summed E-state index contributed by atoms with van der Waals surface area (Å²) >= 11 is 1.66. The van der Waals surface area contributed by atoms with Gasteiger partial charge in [-0.25, -0.2) is 4.79 Å². The van der Waals surface area contributed by atoms with Gasteiger partial charge in [-0.15, -0.1) is 11.3 Å². The SMILES string of the molecule is CN1CCN(Cc2ccc(C=CC(=O)O)s2)CC1. The van der Waals surface area contributed by atoms with Crippen molar-refractivity contribution in [2.24, 2.45) is 0 Å². The van der Waals surface area contributed by atoms with Gasteiger partial charge in [-0.2, -0.15) is 0 Å². The van der Waals surface area contributed by atoms with Crippen LogP contribution in [-0.2, 0) is 11.3 Å². The fourth-order valence-corrected chi connectivity index (χ4v) is 2.91. The number of piperazine rings is 1. The molecule has 0 saturated carbocycles. The highest BCUT2D eigenvalue weighted by molar-refractivity contribution is 7.12. The third-order valence-electron chi connectivity index (χ3n) is 3.05. The Hall–Kier alpha value is -1.17. The Morgan fingerprint density at radius 1 is 1.39 bits per heavy atom. The number of aliphatic carboxylic acids is 1. The minimum atomic E-state index is -0.899. The van der Waals surface area contributed by atoms with Gasteiger partial charge < -0.3 is 10.0 Å². The summed E-state index contributed by atoms with van der Waals surface area (Å²) in [5.74, 6) is -0.899. The van der Waals surface area contributed by atoms with Gasteiger partial charge in [-0.05, 0) is 25.3 Å². The maximum absolute atomic E-state index is 10.4. The molecule has 1 aliphatic heterocycles. The topological polar surface area (TPSA) is 43.8 Å². The molecule has 1 aromatic rings. The van der Waals surface area contributed by atoms with Gasteiger partial charge in [0.2, 0.25) is 0 Å². The average Bonchev–Trinajstić information content (AvgIpc) is 2.77. The van der Waals surface area contributed by atoms with Crippen molar-refractivity contribution in [2.45, 2.75) is 6.54 Å². The van der Waals surface area contributed by atoms with Gasteiger partial charge in [0.15, 0.2) is 0 Å². The van der Waals surface area contributed by atoms with Crippen LogP contribution in [0.1, 0.15) is 9.75 Å². The zero-order chi connectivity index (χ0) is 13.0. The lowest BCUT2D eigenvalue weighted by Crippen LogP contribution is -2.43. The van der Waals surface area contributed by atoms with Crippen molar-refractivity contribution in [2.75, 3.05) is 33.2 Å². The number of carbonyl (C=O) groups is 1. The van der Waals surface area contributed by atoms with Crippen molar-refractivity contribution in [1.29, 1.82) is 0 Å². The molecule has 0 aromatic carbocycles. The van der Waals surface area contributed by atoms with E-state index in [2.05, 4.69) is 22.9 Å². The molecule has 0 unspecified atom stereocenters. The molecular weight excluding hydrogens is 248 g/mol. The van der Waals surface area contributed by atoms with Crippen molar-refractivity contribution in [3.05, 3.63) is 28.0 Å². The van der Waals surface area contributed by atoms with Crippen LogP contribution in [-0.4, -0.2) is 54.1 Å². The number of rotatable bonds is 4. The van der Waals surface area contributed by atoms with Crippen molar-refractivity contribution in [1.82, 2.24) is 9.80 Å². The molecule has 4 nitrogen and oxygen atoms in total. The fourth-order valence-electron chi connectivity index (χ4n) is 1.95. The Morgan fingerprint density at radius 2 is 2.11 bits per heavy atom. The van der Waals surface area contributed by atoms with E-state index in [9.17, 15) is 4.79 Å². The van der Waals surface area contributed by atoms with Crippen molar-refractivity contribution in [3.63, 3.8) is 0 Å². The van der Waals surface area contributed by atoms with E-state index < -0.39 is 5.97 Å². The predicted molar refractivity (Wildman–Crippen MR) is 73.8 cm³/mol. The number of carboxylic acids is 1. The van der Waals surface area contributed by atoms with Gasteiger partial charge in [0, 0.05) is 48.6 Å². The molecular formula is C13H18N2O2S. The highest BCUT2D eigenvalue weighted by Gasteiger charge is 2.14. The Bertz CT molecular complexity index is 434. The highest BCUT2D eigenvalue weighted by atomic mass is 32.1. The van der Waals surface area contributed by atoms with Gasteiger partial charge >= 0.3 is 5.97 Å². The molecule has 1 fully saturated rings. The quantitative estimate of drug-likeness (QED) is 0.841. The molecule has 5 heteroatoms. The highest BCUT2D eigenvalue weighted by Crippen LogP contribution is 2.20. The molecule has 1 aromatic heterocycles. The standard InChI is InChI=1S/C13H18N2O2S/c1-14-6-8-15(9-7-14)10-12-3-2-11(18-12)4-5-13(16)17/h2-5H,6-10H2,1H3,(H,16,17). The Balaban J connectivity index is 1.88. The lowest BCUT2D eigenvalue weighted by molar-refractivity contribution is -0.131. The largest absolute Gasteiger partial charge is 0.478 e. The molecule has 1 N–H and O–H groups in total. The van der Waals surface area contributed by atoms with Gasteiger partial charge in [0.05, 0.1) is 0 Å². The monoisotopic (exact) mass is 266 g/mol. The molecule has 0 bridgehead atoms. The Kier molecular flexibility index (Phi) is 4.52. The Morgan fingerprint density at radius 3 is 2.78 bits per heavy atom. The second-order valence-electron chi connectivity index (χ2n) is 4.56.